The number of halogens is 2. The lowest BCUT2D eigenvalue weighted by atomic mass is 9.92. The molecule has 1 saturated heterocycles. The maximum absolute atomic E-state index is 13.4. The maximum Gasteiger partial charge on any atom is 0.248 e. The van der Waals surface area contributed by atoms with Crippen LogP contribution in [0.1, 0.15) is 37.7 Å². The van der Waals surface area contributed by atoms with E-state index < -0.39 is 12.2 Å². The van der Waals surface area contributed by atoms with Gasteiger partial charge in [0.25, 0.3) is 0 Å². The van der Waals surface area contributed by atoms with Crippen molar-refractivity contribution >= 4 is 5.90 Å². The third-order valence-electron chi connectivity index (χ3n) is 4.90. The largest absolute Gasteiger partial charge is 0.472 e. The highest BCUT2D eigenvalue weighted by Gasteiger charge is 2.35. The van der Waals surface area contributed by atoms with Crippen molar-refractivity contribution in [1.29, 1.82) is 0 Å². The first kappa shape index (κ1) is 17.3. The van der Waals surface area contributed by atoms with Crippen LogP contribution in [0.5, 0.6) is 0 Å². The molecule has 2 aliphatic heterocycles. The topological polar surface area (TPSA) is 75.5 Å². The lowest BCUT2D eigenvalue weighted by Gasteiger charge is -2.33. The van der Waals surface area contributed by atoms with Gasteiger partial charge < -0.3 is 20.7 Å². The van der Waals surface area contributed by atoms with Crippen LogP contribution in [-0.2, 0) is 4.74 Å². The number of hydrogen-bond acceptors (Lipinski definition) is 6. The third kappa shape index (κ3) is 3.98. The van der Waals surface area contributed by atoms with E-state index in [1.807, 2.05) is 19.2 Å². The number of aliphatic imine (C=N–C) groups is 1. The molecule has 1 saturated carbocycles. The summed E-state index contributed by atoms with van der Waals surface area (Å²) < 4.78 is 34.4. The monoisotopic (exact) mass is 366 g/mol. The summed E-state index contributed by atoms with van der Waals surface area (Å²) in [6, 6.07) is 1.92. The van der Waals surface area contributed by atoms with Gasteiger partial charge in [0.1, 0.15) is 11.9 Å². The highest BCUT2D eigenvalue weighted by atomic mass is 19.3. The molecule has 0 radical (unpaired) electrons. The predicted octanol–water partition coefficient (Wildman–Crippen LogP) is 1.65. The second-order valence-electron chi connectivity index (χ2n) is 7.15. The second kappa shape index (κ2) is 6.86. The van der Waals surface area contributed by atoms with Crippen molar-refractivity contribution in [3.63, 3.8) is 0 Å². The molecule has 1 unspecified atom stereocenters. The van der Waals surface area contributed by atoms with Gasteiger partial charge in [0.05, 0.1) is 5.69 Å². The van der Waals surface area contributed by atoms with Crippen molar-refractivity contribution in [2.45, 2.75) is 57.0 Å². The molecule has 3 aliphatic rings. The van der Waals surface area contributed by atoms with E-state index >= 15 is 0 Å². The lowest BCUT2D eigenvalue weighted by Crippen LogP contribution is -2.50. The van der Waals surface area contributed by atoms with Crippen molar-refractivity contribution in [3.05, 3.63) is 29.9 Å². The Kier molecular flexibility index (Phi) is 4.56. The minimum Gasteiger partial charge on any atom is -0.472 e. The first-order chi connectivity index (χ1) is 12.5. The van der Waals surface area contributed by atoms with Gasteiger partial charge in [-0.3, -0.25) is 0 Å². The van der Waals surface area contributed by atoms with Gasteiger partial charge in [-0.05, 0) is 25.8 Å². The van der Waals surface area contributed by atoms with E-state index in [2.05, 4.69) is 26.0 Å². The van der Waals surface area contributed by atoms with Crippen LogP contribution in [0.3, 0.4) is 0 Å². The van der Waals surface area contributed by atoms with E-state index in [9.17, 15) is 8.78 Å². The molecule has 1 aromatic rings. The lowest BCUT2D eigenvalue weighted by molar-refractivity contribution is -0.0399. The molecule has 0 amide bonds. The summed E-state index contributed by atoms with van der Waals surface area (Å²) in [7, 11) is 0. The molecule has 0 spiro atoms. The maximum atomic E-state index is 13.4. The number of nitrogens with zero attached hydrogens (tertiary/aromatic N) is 3. The van der Waals surface area contributed by atoms with E-state index in [0.717, 1.165) is 24.6 Å². The van der Waals surface area contributed by atoms with Crippen LogP contribution in [-0.4, -0.2) is 46.8 Å². The molecule has 142 valence electrons. The fourth-order valence-electron chi connectivity index (χ4n) is 3.26. The molecular formula is C17H24F2N6O. The highest BCUT2D eigenvalue weighted by Crippen LogP contribution is 2.33. The average Bonchev–Trinajstić information content (AvgIpc) is 3.00. The minimum atomic E-state index is -2.53. The quantitative estimate of drug-likeness (QED) is 0.756. The Hall–Kier alpha value is -2.16. The molecule has 4 rings (SSSR count). The summed E-state index contributed by atoms with van der Waals surface area (Å²) in [5.41, 5.74) is 0.895. The molecule has 26 heavy (non-hydrogen) atoms. The zero-order chi connectivity index (χ0) is 18.1. The van der Waals surface area contributed by atoms with Gasteiger partial charge in [-0.25, -0.2) is 18.5 Å². The first-order valence-electron chi connectivity index (χ1n) is 9.06. The fraction of sp³-hybridized carbons (Fsp3) is 0.647. The highest BCUT2D eigenvalue weighted by molar-refractivity contribution is 5.89. The summed E-state index contributed by atoms with van der Waals surface area (Å²) in [4.78, 5) is 4.57. The van der Waals surface area contributed by atoms with Gasteiger partial charge in [0, 0.05) is 44.2 Å². The van der Waals surface area contributed by atoms with Gasteiger partial charge in [-0.15, -0.1) is 0 Å². The number of aromatic nitrogens is 2. The van der Waals surface area contributed by atoms with E-state index in [4.69, 9.17) is 4.74 Å². The van der Waals surface area contributed by atoms with E-state index in [0.29, 0.717) is 18.7 Å². The second-order valence-corrected chi connectivity index (χ2v) is 7.15. The Morgan fingerprint density at radius 1 is 1.31 bits per heavy atom. The molecule has 3 N–H and O–H groups in total. The zero-order valence-electron chi connectivity index (χ0n) is 14.7. The van der Waals surface area contributed by atoms with Crippen molar-refractivity contribution in [2.75, 3.05) is 13.1 Å². The van der Waals surface area contributed by atoms with Crippen LogP contribution < -0.4 is 16.0 Å². The molecule has 0 aromatic carbocycles. The Balaban J connectivity index is 1.46. The molecule has 1 atom stereocenters. The smallest absolute Gasteiger partial charge is 0.248 e. The summed E-state index contributed by atoms with van der Waals surface area (Å²) >= 11 is 0. The number of hydrogen-bond donors (Lipinski definition) is 3. The average molecular weight is 366 g/mol. The van der Waals surface area contributed by atoms with Crippen LogP contribution in [0.25, 0.3) is 0 Å². The number of aryl methyl sites for hydroxylation is 1. The number of alkyl halides is 2. The zero-order valence-corrected chi connectivity index (χ0v) is 14.7. The van der Waals surface area contributed by atoms with Crippen LogP contribution >= 0.6 is 0 Å². The van der Waals surface area contributed by atoms with Crippen molar-refractivity contribution in [2.24, 2.45) is 4.99 Å². The molecule has 7 nitrogen and oxygen atoms in total. The Bertz CT molecular complexity index is 702. The summed E-state index contributed by atoms with van der Waals surface area (Å²) in [5, 5.41) is 14.2. The summed E-state index contributed by atoms with van der Waals surface area (Å²) in [6.07, 6.45) is 4.06. The predicted molar refractivity (Wildman–Crippen MR) is 92.7 cm³/mol. The van der Waals surface area contributed by atoms with Gasteiger partial charge >= 0.3 is 0 Å². The van der Waals surface area contributed by atoms with Crippen LogP contribution in [0.15, 0.2) is 29.2 Å². The standard InChI is InChI=1S/C17H24F2N6O/c1-11-4-7-25(24-11)16-22-14(8-15(23-16)26-13-9-20-10-13)21-12-2-5-17(18,19)6-3-12/h4,7-8,12-13,16,20-22H,2-3,5-6,9-10H2,1H3. The molecule has 1 aliphatic carbocycles. The molecule has 1 aromatic heterocycles. The molecule has 9 heteroatoms. The fourth-order valence-corrected chi connectivity index (χ4v) is 3.26. The van der Waals surface area contributed by atoms with Crippen LogP contribution in [0, 0.1) is 6.92 Å². The summed E-state index contributed by atoms with van der Waals surface area (Å²) in [5.74, 6) is -1.28. The van der Waals surface area contributed by atoms with Crippen LogP contribution in [0.2, 0.25) is 0 Å². The molecule has 3 heterocycles. The number of nitrogens with one attached hydrogen (secondary N) is 3. The van der Waals surface area contributed by atoms with Crippen molar-refractivity contribution in [1.82, 2.24) is 25.7 Å². The van der Waals surface area contributed by atoms with E-state index in [1.54, 1.807) is 10.8 Å². The van der Waals surface area contributed by atoms with Gasteiger partial charge in [0.15, 0.2) is 0 Å². The first-order valence-corrected chi connectivity index (χ1v) is 9.06. The van der Waals surface area contributed by atoms with Crippen molar-refractivity contribution < 1.29 is 13.5 Å². The van der Waals surface area contributed by atoms with Crippen molar-refractivity contribution in [3.8, 4) is 0 Å². The van der Waals surface area contributed by atoms with Crippen LogP contribution in [0.4, 0.5) is 8.78 Å². The number of rotatable bonds is 4. The molecule has 2 fully saturated rings. The SMILES string of the molecule is Cc1ccn(C2N=C(OC3CNC3)C=C(NC3CCC(F)(F)CC3)N2)n1. The Morgan fingerprint density at radius 3 is 2.69 bits per heavy atom. The van der Waals surface area contributed by atoms with E-state index in [-0.39, 0.29) is 25.0 Å². The Morgan fingerprint density at radius 2 is 2.08 bits per heavy atom. The number of ether oxygens (including phenoxy) is 1. The molecular weight excluding hydrogens is 342 g/mol. The normalized spacial score (nSPS) is 26.3. The third-order valence-corrected chi connectivity index (χ3v) is 4.90. The summed E-state index contributed by atoms with van der Waals surface area (Å²) in [6.45, 7) is 3.51. The van der Waals surface area contributed by atoms with Gasteiger partial charge in [-0.1, -0.05) is 0 Å². The Labute approximate surface area is 150 Å². The van der Waals surface area contributed by atoms with Gasteiger partial charge in [0.2, 0.25) is 18.1 Å². The minimum absolute atomic E-state index is 0.0121. The van der Waals surface area contributed by atoms with E-state index in [1.165, 1.54) is 0 Å². The van der Waals surface area contributed by atoms with Gasteiger partial charge in [-0.2, -0.15) is 5.10 Å². The molecule has 0 bridgehead atoms.